The number of rotatable bonds is 6. The molecule has 126 valence electrons. The highest BCUT2D eigenvalue weighted by Gasteiger charge is 1.91. The van der Waals surface area contributed by atoms with Gasteiger partial charge in [0, 0.05) is 13.0 Å². The van der Waals surface area contributed by atoms with Crippen LogP contribution in [0.5, 0.6) is 0 Å². The number of carbonyl (C=O) groups is 2. The maximum Gasteiger partial charge on any atom is 0.330 e. The van der Waals surface area contributed by atoms with Gasteiger partial charge in [0.1, 0.15) is 0 Å². The van der Waals surface area contributed by atoms with E-state index in [4.69, 9.17) is 0 Å². The molecule has 1 rings (SSSR count). The number of unbranched alkanes of at least 4 members (excludes halogenated alkanes) is 1. The Morgan fingerprint density at radius 2 is 1.74 bits per heavy atom. The second-order valence-corrected chi connectivity index (χ2v) is 4.12. The Bertz CT molecular complexity index is 464. The highest BCUT2D eigenvalue weighted by molar-refractivity contribution is 5.81. The highest BCUT2D eigenvalue weighted by atomic mass is 16.5. The van der Waals surface area contributed by atoms with Gasteiger partial charge >= 0.3 is 11.9 Å². The van der Waals surface area contributed by atoms with Crippen LogP contribution in [0.2, 0.25) is 0 Å². The molecule has 23 heavy (non-hydrogen) atoms. The lowest BCUT2D eigenvalue weighted by Gasteiger charge is -1.97. The first kappa shape index (κ1) is 22.7. The molecule has 4 nitrogen and oxygen atoms in total. The van der Waals surface area contributed by atoms with E-state index in [1.54, 1.807) is 0 Å². The third kappa shape index (κ3) is 19.4. The van der Waals surface area contributed by atoms with Crippen molar-refractivity contribution in [1.82, 2.24) is 0 Å². The quantitative estimate of drug-likeness (QED) is 0.334. The largest absolute Gasteiger partial charge is 0.463 e. The third-order valence-corrected chi connectivity index (χ3v) is 2.19. The Labute approximate surface area is 139 Å². The molecule has 0 fully saturated rings. The van der Waals surface area contributed by atoms with E-state index in [9.17, 15) is 9.59 Å². The first-order valence-electron chi connectivity index (χ1n) is 7.26. The SMILES string of the molecule is C=CC(=O)OCCCC.C=COC(C)=O.C=Cc1ccccc1. The molecule has 4 heteroatoms. The fraction of sp³-hybridized carbons (Fsp3) is 0.263. The molecule has 0 aliphatic carbocycles. The summed E-state index contributed by atoms with van der Waals surface area (Å²) in [5.41, 5.74) is 1.17. The first-order chi connectivity index (χ1) is 11.0. The van der Waals surface area contributed by atoms with Crippen LogP contribution in [0.4, 0.5) is 0 Å². The Kier molecular flexibility index (Phi) is 17.2. The van der Waals surface area contributed by atoms with Crippen molar-refractivity contribution >= 4 is 18.0 Å². The second kappa shape index (κ2) is 17.4. The summed E-state index contributed by atoms with van der Waals surface area (Å²) in [6.07, 6.45) is 6.09. The molecule has 0 unspecified atom stereocenters. The van der Waals surface area contributed by atoms with Crippen LogP contribution >= 0.6 is 0 Å². The Morgan fingerprint density at radius 3 is 2.04 bits per heavy atom. The minimum absolute atomic E-state index is 0.329. The number of esters is 2. The molecule has 1 aromatic rings. The topological polar surface area (TPSA) is 52.6 Å². The minimum atomic E-state index is -0.330. The van der Waals surface area contributed by atoms with Crippen molar-refractivity contribution in [3.63, 3.8) is 0 Å². The van der Waals surface area contributed by atoms with Gasteiger partial charge in [0.2, 0.25) is 0 Å². The van der Waals surface area contributed by atoms with Gasteiger partial charge in [0.05, 0.1) is 12.9 Å². The van der Waals surface area contributed by atoms with Crippen LogP contribution in [0.25, 0.3) is 6.08 Å². The van der Waals surface area contributed by atoms with Gasteiger partial charge in [0.15, 0.2) is 0 Å². The predicted molar refractivity (Wildman–Crippen MR) is 94.6 cm³/mol. The van der Waals surface area contributed by atoms with E-state index in [2.05, 4.69) is 29.2 Å². The van der Waals surface area contributed by atoms with Gasteiger partial charge in [-0.2, -0.15) is 0 Å². The molecule has 0 aliphatic rings. The number of carbonyl (C=O) groups excluding carboxylic acids is 2. The van der Waals surface area contributed by atoms with E-state index >= 15 is 0 Å². The number of benzene rings is 1. The van der Waals surface area contributed by atoms with Crippen LogP contribution in [-0.2, 0) is 19.1 Å². The van der Waals surface area contributed by atoms with E-state index < -0.39 is 0 Å². The third-order valence-electron chi connectivity index (χ3n) is 2.19. The molecule has 0 saturated carbocycles. The fourth-order valence-corrected chi connectivity index (χ4v) is 1.08. The van der Waals surface area contributed by atoms with Gasteiger partial charge in [-0.3, -0.25) is 4.79 Å². The van der Waals surface area contributed by atoms with Crippen molar-refractivity contribution in [2.45, 2.75) is 26.7 Å². The lowest BCUT2D eigenvalue weighted by atomic mass is 10.2. The maximum atomic E-state index is 10.3. The molecule has 0 radical (unpaired) electrons. The van der Waals surface area contributed by atoms with E-state index in [0.717, 1.165) is 19.1 Å². The summed E-state index contributed by atoms with van der Waals surface area (Å²) >= 11 is 0. The Hall–Kier alpha value is -2.62. The zero-order valence-electron chi connectivity index (χ0n) is 14.0. The van der Waals surface area contributed by atoms with E-state index in [-0.39, 0.29) is 11.9 Å². The van der Waals surface area contributed by atoms with E-state index in [1.165, 1.54) is 18.6 Å². The fourth-order valence-electron chi connectivity index (χ4n) is 1.08. The van der Waals surface area contributed by atoms with E-state index in [1.807, 2.05) is 43.3 Å². The summed E-state index contributed by atoms with van der Waals surface area (Å²) in [5.74, 6) is -0.659. The normalized spacial score (nSPS) is 8.09. The summed E-state index contributed by atoms with van der Waals surface area (Å²) in [6.45, 7) is 13.9. The van der Waals surface area contributed by atoms with Crippen LogP contribution in [0, 0.1) is 0 Å². The summed E-state index contributed by atoms with van der Waals surface area (Å²) in [4.78, 5) is 20.1. The van der Waals surface area contributed by atoms with Crippen LogP contribution in [0.15, 0.2) is 62.4 Å². The van der Waals surface area contributed by atoms with Crippen LogP contribution in [-0.4, -0.2) is 18.5 Å². The lowest BCUT2D eigenvalue weighted by Crippen LogP contribution is -2.00. The second-order valence-electron chi connectivity index (χ2n) is 4.12. The maximum absolute atomic E-state index is 10.3. The van der Waals surface area contributed by atoms with Crippen molar-refractivity contribution in [3.8, 4) is 0 Å². The molecule has 0 bridgehead atoms. The van der Waals surface area contributed by atoms with Gasteiger partial charge in [0.25, 0.3) is 0 Å². The van der Waals surface area contributed by atoms with Crippen molar-refractivity contribution in [2.24, 2.45) is 0 Å². The zero-order chi connectivity index (χ0) is 17.9. The monoisotopic (exact) mass is 318 g/mol. The molecule has 0 heterocycles. The first-order valence-corrected chi connectivity index (χ1v) is 7.26. The smallest absolute Gasteiger partial charge is 0.330 e. The van der Waals surface area contributed by atoms with Gasteiger partial charge in [-0.15, -0.1) is 0 Å². The van der Waals surface area contributed by atoms with Crippen LogP contribution in [0.1, 0.15) is 32.3 Å². The summed E-state index contributed by atoms with van der Waals surface area (Å²) in [6, 6.07) is 10.0. The highest BCUT2D eigenvalue weighted by Crippen LogP contribution is 1.97. The molecule has 1 aromatic carbocycles. The molecule has 0 N–H and O–H groups in total. The lowest BCUT2D eigenvalue weighted by molar-refractivity contribution is -0.138. The predicted octanol–water partition coefficient (Wildman–Crippen LogP) is 4.54. The molecule has 0 aromatic heterocycles. The van der Waals surface area contributed by atoms with Crippen LogP contribution in [0.3, 0.4) is 0 Å². The standard InChI is InChI=1S/C8H8.C7H12O2.C4H6O2/c1-2-8-6-4-3-5-7-8;1-3-5-6-9-7(8)4-2;1-3-6-4(2)5/h2-7H,1H2;4H,2-3,5-6H2,1H3;3H,1H2,2H3. The molecule has 0 saturated heterocycles. The molecule has 0 atom stereocenters. The zero-order valence-corrected chi connectivity index (χ0v) is 14.0. The summed E-state index contributed by atoms with van der Waals surface area (Å²) in [5, 5.41) is 0. The van der Waals surface area contributed by atoms with Crippen molar-refractivity contribution in [2.75, 3.05) is 6.61 Å². The van der Waals surface area contributed by atoms with Crippen molar-refractivity contribution < 1.29 is 19.1 Å². The van der Waals surface area contributed by atoms with Gasteiger partial charge in [-0.25, -0.2) is 4.79 Å². The molecule has 0 spiro atoms. The number of hydrogen-bond acceptors (Lipinski definition) is 4. The van der Waals surface area contributed by atoms with Gasteiger partial charge < -0.3 is 9.47 Å². The van der Waals surface area contributed by atoms with Crippen LogP contribution < -0.4 is 0 Å². The minimum Gasteiger partial charge on any atom is -0.463 e. The molecule has 0 amide bonds. The molecular weight excluding hydrogens is 292 g/mol. The Morgan fingerprint density at radius 1 is 1.13 bits per heavy atom. The van der Waals surface area contributed by atoms with Crippen molar-refractivity contribution in [3.05, 3.63) is 68.0 Å². The van der Waals surface area contributed by atoms with Gasteiger partial charge in [-0.1, -0.05) is 69.5 Å². The summed E-state index contributed by atoms with van der Waals surface area (Å²) in [7, 11) is 0. The molecule has 0 aliphatic heterocycles. The molecular formula is C19H26O4. The number of hydrogen-bond donors (Lipinski definition) is 0. The summed E-state index contributed by atoms with van der Waals surface area (Å²) < 4.78 is 8.84. The Balaban J connectivity index is 0. The van der Waals surface area contributed by atoms with E-state index in [0.29, 0.717) is 6.61 Å². The average Bonchev–Trinajstić information content (AvgIpc) is 2.56. The van der Waals surface area contributed by atoms with Gasteiger partial charge in [-0.05, 0) is 12.0 Å². The van der Waals surface area contributed by atoms with Crippen molar-refractivity contribution in [1.29, 1.82) is 0 Å². The average molecular weight is 318 g/mol. The number of ether oxygens (including phenoxy) is 2.